The molecule has 0 amide bonds. The van der Waals surface area contributed by atoms with Gasteiger partial charge >= 0.3 is 0 Å². The molecule has 0 bridgehead atoms. The Morgan fingerprint density at radius 2 is 1.91 bits per heavy atom. The number of nitrogens with zero attached hydrogens (tertiary/aromatic N) is 5. The van der Waals surface area contributed by atoms with Crippen LogP contribution < -0.4 is 0 Å². The molecule has 0 aliphatic rings. The van der Waals surface area contributed by atoms with E-state index >= 15 is 0 Å². The standard InChI is InChI=1S/C18H15N5/c1-12-7-8-14-10-15(11-19-16-6-4-3-5-13(16)2)18-20-21-22-23(18)17(14)9-12/h3-11H,1-2H3. The summed E-state index contributed by atoms with van der Waals surface area (Å²) in [6.07, 6.45) is 1.83. The Morgan fingerprint density at radius 1 is 1.04 bits per heavy atom. The van der Waals surface area contributed by atoms with Crippen molar-refractivity contribution in [1.29, 1.82) is 0 Å². The van der Waals surface area contributed by atoms with Crippen LogP contribution in [0.15, 0.2) is 53.5 Å². The van der Waals surface area contributed by atoms with Crippen molar-refractivity contribution in [2.24, 2.45) is 4.99 Å². The molecule has 23 heavy (non-hydrogen) atoms. The molecular formula is C18H15N5. The maximum absolute atomic E-state index is 4.60. The molecular weight excluding hydrogens is 286 g/mol. The van der Waals surface area contributed by atoms with Gasteiger partial charge in [-0.15, -0.1) is 5.10 Å². The minimum absolute atomic E-state index is 0.709. The molecule has 0 saturated heterocycles. The largest absolute Gasteiger partial charge is 0.256 e. The first-order valence-electron chi connectivity index (χ1n) is 7.43. The maximum atomic E-state index is 4.60. The minimum Gasteiger partial charge on any atom is -0.256 e. The Labute approximate surface area is 133 Å². The van der Waals surface area contributed by atoms with Crippen LogP contribution in [0.1, 0.15) is 16.7 Å². The van der Waals surface area contributed by atoms with Crippen LogP contribution in [0.3, 0.4) is 0 Å². The first kappa shape index (κ1) is 13.6. The van der Waals surface area contributed by atoms with Crippen molar-refractivity contribution >= 4 is 28.5 Å². The zero-order valence-corrected chi connectivity index (χ0v) is 12.9. The van der Waals surface area contributed by atoms with Gasteiger partial charge in [0, 0.05) is 17.2 Å². The van der Waals surface area contributed by atoms with Crippen molar-refractivity contribution < 1.29 is 0 Å². The zero-order valence-electron chi connectivity index (χ0n) is 12.9. The second-order valence-corrected chi connectivity index (χ2v) is 5.62. The SMILES string of the molecule is Cc1ccc2cc(C=Nc3ccccc3C)c3nnnn3c2c1. The summed E-state index contributed by atoms with van der Waals surface area (Å²) in [5, 5.41) is 13.2. The van der Waals surface area contributed by atoms with Crippen LogP contribution in [0.5, 0.6) is 0 Å². The third-order valence-electron chi connectivity index (χ3n) is 3.91. The molecule has 2 heterocycles. The molecule has 0 atom stereocenters. The fourth-order valence-electron chi connectivity index (χ4n) is 2.66. The van der Waals surface area contributed by atoms with Gasteiger partial charge in [0.2, 0.25) is 0 Å². The molecule has 0 radical (unpaired) electrons. The first-order chi connectivity index (χ1) is 11.2. The Morgan fingerprint density at radius 3 is 2.78 bits per heavy atom. The number of aromatic nitrogens is 4. The lowest BCUT2D eigenvalue weighted by Crippen LogP contribution is -1.96. The highest BCUT2D eigenvalue weighted by molar-refractivity contribution is 5.96. The van der Waals surface area contributed by atoms with Gasteiger partial charge < -0.3 is 0 Å². The molecule has 0 fully saturated rings. The van der Waals surface area contributed by atoms with Gasteiger partial charge in [-0.3, -0.25) is 4.99 Å². The second kappa shape index (κ2) is 5.28. The number of aliphatic imine (C=N–C) groups is 1. The van der Waals surface area contributed by atoms with Gasteiger partial charge in [-0.25, -0.2) is 0 Å². The molecule has 2 aromatic carbocycles. The monoisotopic (exact) mass is 301 g/mol. The van der Waals surface area contributed by atoms with E-state index in [-0.39, 0.29) is 0 Å². The molecule has 0 N–H and O–H groups in total. The number of fused-ring (bicyclic) bond motifs is 3. The lowest BCUT2D eigenvalue weighted by molar-refractivity contribution is 0.841. The van der Waals surface area contributed by atoms with E-state index in [1.807, 2.05) is 37.4 Å². The highest BCUT2D eigenvalue weighted by atomic mass is 15.5. The summed E-state index contributed by atoms with van der Waals surface area (Å²) in [6, 6.07) is 16.4. The van der Waals surface area contributed by atoms with Gasteiger partial charge in [0.25, 0.3) is 0 Å². The first-order valence-corrected chi connectivity index (χ1v) is 7.43. The molecule has 5 heteroatoms. The fraction of sp³-hybridized carbons (Fsp3) is 0.111. The van der Waals surface area contributed by atoms with E-state index in [0.29, 0.717) is 5.65 Å². The van der Waals surface area contributed by atoms with Gasteiger partial charge in [-0.05, 0) is 53.6 Å². The Hall–Kier alpha value is -3.08. The number of hydrogen-bond donors (Lipinski definition) is 0. The van der Waals surface area contributed by atoms with E-state index in [2.05, 4.69) is 51.7 Å². The number of pyridine rings is 1. The van der Waals surface area contributed by atoms with Crippen LogP contribution in [0.2, 0.25) is 0 Å². The highest BCUT2D eigenvalue weighted by Crippen LogP contribution is 2.21. The molecule has 4 aromatic rings. The van der Waals surface area contributed by atoms with Gasteiger partial charge in [0.15, 0.2) is 5.65 Å². The zero-order chi connectivity index (χ0) is 15.8. The molecule has 2 aromatic heterocycles. The Balaban J connectivity index is 1.91. The summed E-state index contributed by atoms with van der Waals surface area (Å²) in [7, 11) is 0. The predicted octanol–water partition coefficient (Wildman–Crippen LogP) is 3.64. The van der Waals surface area contributed by atoms with Crippen LogP contribution in [0, 0.1) is 13.8 Å². The van der Waals surface area contributed by atoms with Crippen LogP contribution in [-0.2, 0) is 0 Å². The Kier molecular flexibility index (Phi) is 3.12. The van der Waals surface area contributed by atoms with Crippen molar-refractivity contribution in [3.8, 4) is 0 Å². The maximum Gasteiger partial charge on any atom is 0.188 e. The highest BCUT2D eigenvalue weighted by Gasteiger charge is 2.08. The summed E-state index contributed by atoms with van der Waals surface area (Å²) in [4.78, 5) is 4.60. The summed E-state index contributed by atoms with van der Waals surface area (Å²) in [5.41, 5.74) is 5.86. The van der Waals surface area contributed by atoms with Crippen LogP contribution >= 0.6 is 0 Å². The normalized spacial score (nSPS) is 11.7. The van der Waals surface area contributed by atoms with Gasteiger partial charge in [0.1, 0.15) is 0 Å². The lowest BCUT2D eigenvalue weighted by Gasteiger charge is -2.04. The number of tetrazole rings is 1. The summed E-state index contributed by atoms with van der Waals surface area (Å²) >= 11 is 0. The molecule has 0 unspecified atom stereocenters. The lowest BCUT2D eigenvalue weighted by atomic mass is 10.1. The van der Waals surface area contributed by atoms with Crippen molar-refractivity contribution in [2.75, 3.05) is 0 Å². The van der Waals surface area contributed by atoms with Gasteiger partial charge in [-0.1, -0.05) is 30.3 Å². The van der Waals surface area contributed by atoms with Crippen LogP contribution in [-0.4, -0.2) is 26.3 Å². The smallest absolute Gasteiger partial charge is 0.188 e. The van der Waals surface area contributed by atoms with Crippen molar-refractivity contribution in [3.63, 3.8) is 0 Å². The van der Waals surface area contributed by atoms with Crippen molar-refractivity contribution in [1.82, 2.24) is 20.0 Å². The van der Waals surface area contributed by atoms with Gasteiger partial charge in [0.05, 0.1) is 11.2 Å². The fourth-order valence-corrected chi connectivity index (χ4v) is 2.66. The van der Waals surface area contributed by atoms with Crippen LogP contribution in [0.25, 0.3) is 16.6 Å². The molecule has 4 rings (SSSR count). The quantitative estimate of drug-likeness (QED) is 0.531. The molecule has 5 nitrogen and oxygen atoms in total. The molecule has 0 spiro atoms. The molecule has 0 aliphatic heterocycles. The molecule has 0 aliphatic carbocycles. The molecule has 0 saturated carbocycles. The predicted molar refractivity (Wildman–Crippen MR) is 91.5 cm³/mol. The summed E-state index contributed by atoms with van der Waals surface area (Å²) in [6.45, 7) is 4.10. The number of aryl methyl sites for hydroxylation is 2. The average Bonchev–Trinajstić information content (AvgIpc) is 3.04. The number of para-hydroxylation sites is 1. The number of hydrogen-bond acceptors (Lipinski definition) is 4. The third kappa shape index (κ3) is 2.36. The number of benzene rings is 2. The second-order valence-electron chi connectivity index (χ2n) is 5.62. The number of rotatable bonds is 2. The van der Waals surface area contributed by atoms with E-state index < -0.39 is 0 Å². The van der Waals surface area contributed by atoms with Crippen LogP contribution in [0.4, 0.5) is 5.69 Å². The summed E-state index contributed by atoms with van der Waals surface area (Å²) in [5.74, 6) is 0. The molecule has 112 valence electrons. The summed E-state index contributed by atoms with van der Waals surface area (Å²) < 4.78 is 1.77. The van der Waals surface area contributed by atoms with Crippen molar-refractivity contribution in [3.05, 3.63) is 65.2 Å². The topological polar surface area (TPSA) is 55.4 Å². The Bertz CT molecular complexity index is 1050. The van der Waals surface area contributed by atoms with E-state index in [1.165, 1.54) is 5.56 Å². The van der Waals surface area contributed by atoms with E-state index in [9.17, 15) is 0 Å². The van der Waals surface area contributed by atoms with E-state index in [1.54, 1.807) is 4.52 Å². The van der Waals surface area contributed by atoms with E-state index in [0.717, 1.165) is 27.7 Å². The average molecular weight is 301 g/mol. The van der Waals surface area contributed by atoms with E-state index in [4.69, 9.17) is 0 Å². The van der Waals surface area contributed by atoms with Crippen molar-refractivity contribution in [2.45, 2.75) is 13.8 Å². The minimum atomic E-state index is 0.709. The van der Waals surface area contributed by atoms with Gasteiger partial charge in [-0.2, -0.15) is 4.52 Å². The third-order valence-corrected chi connectivity index (χ3v) is 3.91.